The van der Waals surface area contributed by atoms with Crippen LogP contribution in [0.15, 0.2) is 18.3 Å². The number of hydrogen-bond acceptors (Lipinski definition) is 1. The zero-order valence-electron chi connectivity index (χ0n) is 7.17. The first kappa shape index (κ1) is 10.4. The van der Waals surface area contributed by atoms with Crippen LogP contribution in [0.4, 0.5) is 0 Å². The third-order valence-corrected chi connectivity index (χ3v) is 2.21. The van der Waals surface area contributed by atoms with E-state index in [2.05, 4.69) is 16.9 Å². The van der Waals surface area contributed by atoms with Crippen LogP contribution in [0.5, 0.6) is 0 Å². The molecule has 0 spiro atoms. The minimum absolute atomic E-state index is 0. The molecule has 0 aromatic carbocycles. The summed E-state index contributed by atoms with van der Waals surface area (Å²) >= 11 is 5.66. The molecule has 0 bridgehead atoms. The van der Waals surface area contributed by atoms with E-state index in [4.69, 9.17) is 11.6 Å². The lowest BCUT2D eigenvalue weighted by atomic mass is 10.2. The Hall–Kier alpha value is -0.730. The number of nitrogens with one attached hydrogen (secondary N) is 1. The van der Waals surface area contributed by atoms with Crippen molar-refractivity contribution in [2.24, 2.45) is 0 Å². The van der Waals surface area contributed by atoms with Gasteiger partial charge in [-0.05, 0) is 24.6 Å². The van der Waals surface area contributed by atoms with E-state index in [0.717, 1.165) is 11.3 Å². The number of rotatable bonds is 1. The van der Waals surface area contributed by atoms with Crippen LogP contribution in [0.3, 0.4) is 0 Å². The van der Waals surface area contributed by atoms with Gasteiger partial charge in [0.05, 0.1) is 11.6 Å². The Morgan fingerprint density at radius 1 is 1.46 bits per heavy atom. The summed E-state index contributed by atoms with van der Waals surface area (Å²) in [5, 5.41) is 1.17. The largest absolute Gasteiger partial charge is 0.346 e. The van der Waals surface area contributed by atoms with Gasteiger partial charge in [-0.25, -0.2) is 4.98 Å². The number of aromatic amines is 1. The summed E-state index contributed by atoms with van der Waals surface area (Å²) < 4.78 is 0. The molecule has 0 aliphatic rings. The average Bonchev–Trinajstić information content (AvgIpc) is 2.47. The van der Waals surface area contributed by atoms with Gasteiger partial charge < -0.3 is 4.98 Å². The second-order valence-corrected chi connectivity index (χ2v) is 3.07. The van der Waals surface area contributed by atoms with Crippen LogP contribution in [-0.4, -0.2) is 9.97 Å². The first-order valence-electron chi connectivity index (χ1n) is 3.81. The standard InChI is InChI=1S/C9H9ClN2.ClH/c1-6-5-11-9-8(6)3-2-7(4-10)12-9;/h2-3,5H,4H2,1H3,(H,11,12);1H. The monoisotopic (exact) mass is 216 g/mol. The summed E-state index contributed by atoms with van der Waals surface area (Å²) in [6.45, 7) is 2.06. The molecule has 13 heavy (non-hydrogen) atoms. The summed E-state index contributed by atoms with van der Waals surface area (Å²) in [4.78, 5) is 7.42. The fourth-order valence-electron chi connectivity index (χ4n) is 1.26. The minimum atomic E-state index is 0. The number of pyridine rings is 1. The Morgan fingerprint density at radius 3 is 2.92 bits per heavy atom. The zero-order valence-corrected chi connectivity index (χ0v) is 8.75. The van der Waals surface area contributed by atoms with E-state index in [1.807, 2.05) is 18.3 Å². The second kappa shape index (κ2) is 3.99. The maximum atomic E-state index is 5.66. The number of halogens is 2. The van der Waals surface area contributed by atoms with Gasteiger partial charge in [0, 0.05) is 11.6 Å². The molecule has 0 radical (unpaired) electrons. The molecule has 0 fully saturated rings. The molecule has 70 valence electrons. The van der Waals surface area contributed by atoms with Gasteiger partial charge in [-0.1, -0.05) is 0 Å². The predicted molar refractivity (Wildman–Crippen MR) is 57.6 cm³/mol. The van der Waals surface area contributed by atoms with E-state index in [0.29, 0.717) is 5.88 Å². The highest BCUT2D eigenvalue weighted by molar-refractivity contribution is 6.16. The summed E-state index contributed by atoms with van der Waals surface area (Å²) in [6, 6.07) is 4.00. The lowest BCUT2D eigenvalue weighted by Gasteiger charge is -1.94. The maximum absolute atomic E-state index is 5.66. The molecule has 0 saturated heterocycles. The number of H-pyrrole nitrogens is 1. The van der Waals surface area contributed by atoms with Crippen molar-refractivity contribution in [3.8, 4) is 0 Å². The molecular weight excluding hydrogens is 207 g/mol. The van der Waals surface area contributed by atoms with Crippen molar-refractivity contribution in [1.29, 1.82) is 0 Å². The molecule has 2 nitrogen and oxygen atoms in total. The van der Waals surface area contributed by atoms with Crippen LogP contribution >= 0.6 is 24.0 Å². The molecule has 0 unspecified atom stereocenters. The molecule has 0 amide bonds. The third-order valence-electron chi connectivity index (χ3n) is 1.94. The minimum Gasteiger partial charge on any atom is -0.346 e. The van der Waals surface area contributed by atoms with Crippen molar-refractivity contribution in [2.45, 2.75) is 12.8 Å². The van der Waals surface area contributed by atoms with Crippen LogP contribution in [0.2, 0.25) is 0 Å². The molecule has 0 atom stereocenters. The maximum Gasteiger partial charge on any atom is 0.137 e. The second-order valence-electron chi connectivity index (χ2n) is 2.80. The Labute approximate surface area is 87.7 Å². The van der Waals surface area contributed by atoms with E-state index in [1.165, 1.54) is 10.9 Å². The van der Waals surface area contributed by atoms with Crippen molar-refractivity contribution < 1.29 is 0 Å². The van der Waals surface area contributed by atoms with Crippen molar-refractivity contribution in [1.82, 2.24) is 9.97 Å². The summed E-state index contributed by atoms with van der Waals surface area (Å²) in [5.41, 5.74) is 3.05. The van der Waals surface area contributed by atoms with Crippen LogP contribution in [0, 0.1) is 6.92 Å². The lowest BCUT2D eigenvalue weighted by molar-refractivity contribution is 1.19. The Kier molecular flexibility index (Phi) is 3.17. The Balaban J connectivity index is 0.000000845. The molecule has 2 aromatic rings. The molecule has 0 aliphatic carbocycles. The summed E-state index contributed by atoms with van der Waals surface area (Å²) in [7, 11) is 0. The molecule has 0 saturated carbocycles. The number of aryl methyl sites for hydroxylation is 1. The first-order chi connectivity index (χ1) is 5.81. The van der Waals surface area contributed by atoms with E-state index in [1.54, 1.807) is 0 Å². The van der Waals surface area contributed by atoms with Gasteiger partial charge in [0.2, 0.25) is 0 Å². The molecule has 2 rings (SSSR count). The normalized spacial score (nSPS) is 10.0. The number of hydrogen-bond donors (Lipinski definition) is 1. The summed E-state index contributed by atoms with van der Waals surface area (Å²) in [5.74, 6) is 0.466. The van der Waals surface area contributed by atoms with E-state index in [-0.39, 0.29) is 12.4 Å². The fraction of sp³-hybridized carbons (Fsp3) is 0.222. The molecule has 2 heterocycles. The Morgan fingerprint density at radius 2 is 2.23 bits per heavy atom. The van der Waals surface area contributed by atoms with Crippen LogP contribution in [0.1, 0.15) is 11.3 Å². The number of nitrogens with zero attached hydrogens (tertiary/aromatic N) is 1. The van der Waals surface area contributed by atoms with Crippen molar-refractivity contribution in [3.63, 3.8) is 0 Å². The first-order valence-corrected chi connectivity index (χ1v) is 4.34. The van der Waals surface area contributed by atoms with Gasteiger partial charge in [0.15, 0.2) is 0 Å². The molecule has 1 N–H and O–H groups in total. The predicted octanol–water partition coefficient (Wildman–Crippen LogP) is 3.03. The van der Waals surface area contributed by atoms with Gasteiger partial charge in [-0.15, -0.1) is 24.0 Å². The quantitative estimate of drug-likeness (QED) is 0.730. The average molecular weight is 217 g/mol. The summed E-state index contributed by atoms with van der Waals surface area (Å²) in [6.07, 6.45) is 1.95. The topological polar surface area (TPSA) is 28.7 Å². The van der Waals surface area contributed by atoms with Crippen LogP contribution < -0.4 is 0 Å². The smallest absolute Gasteiger partial charge is 0.137 e. The van der Waals surface area contributed by atoms with Crippen molar-refractivity contribution in [3.05, 3.63) is 29.6 Å². The number of alkyl halides is 1. The SMILES string of the molecule is Cc1c[nH]c2nc(CCl)ccc12.Cl. The number of aromatic nitrogens is 2. The van der Waals surface area contributed by atoms with Gasteiger partial charge in [-0.3, -0.25) is 0 Å². The fourth-order valence-corrected chi connectivity index (χ4v) is 1.41. The van der Waals surface area contributed by atoms with Gasteiger partial charge in [0.1, 0.15) is 5.65 Å². The van der Waals surface area contributed by atoms with E-state index in [9.17, 15) is 0 Å². The molecular formula is C9H10Cl2N2. The number of fused-ring (bicyclic) bond motifs is 1. The van der Waals surface area contributed by atoms with Crippen molar-refractivity contribution in [2.75, 3.05) is 0 Å². The highest BCUT2D eigenvalue weighted by Gasteiger charge is 2.00. The van der Waals surface area contributed by atoms with Gasteiger partial charge in [0.25, 0.3) is 0 Å². The third kappa shape index (κ3) is 1.79. The highest BCUT2D eigenvalue weighted by atomic mass is 35.5. The highest BCUT2D eigenvalue weighted by Crippen LogP contribution is 2.16. The van der Waals surface area contributed by atoms with Crippen LogP contribution in [-0.2, 0) is 5.88 Å². The van der Waals surface area contributed by atoms with Crippen LogP contribution in [0.25, 0.3) is 11.0 Å². The van der Waals surface area contributed by atoms with Gasteiger partial charge in [-0.2, -0.15) is 0 Å². The molecule has 4 heteroatoms. The zero-order chi connectivity index (χ0) is 8.55. The molecule has 2 aromatic heterocycles. The molecule has 0 aliphatic heterocycles. The Bertz CT molecular complexity index is 409. The van der Waals surface area contributed by atoms with E-state index < -0.39 is 0 Å². The van der Waals surface area contributed by atoms with Crippen molar-refractivity contribution >= 4 is 35.0 Å². The van der Waals surface area contributed by atoms with E-state index >= 15 is 0 Å². The lowest BCUT2D eigenvalue weighted by Crippen LogP contribution is -1.84. The van der Waals surface area contributed by atoms with Gasteiger partial charge >= 0.3 is 0 Å².